The zero-order valence-electron chi connectivity index (χ0n) is 17.3. The number of ketones is 1. The number of anilines is 1. The van der Waals surface area contributed by atoms with Gasteiger partial charge in [0, 0.05) is 45.2 Å². The highest BCUT2D eigenvalue weighted by Gasteiger charge is 2.22. The second-order valence-electron chi connectivity index (χ2n) is 6.84. The molecule has 0 spiro atoms. The Hall–Kier alpha value is -3.46. The summed E-state index contributed by atoms with van der Waals surface area (Å²) < 4.78 is 14.7. The van der Waals surface area contributed by atoms with Gasteiger partial charge in [-0.15, -0.1) is 0 Å². The van der Waals surface area contributed by atoms with Gasteiger partial charge in [0.05, 0.1) is 24.9 Å². The number of hydrogen-bond donors (Lipinski definition) is 1. The Morgan fingerprint density at radius 3 is 2.80 bits per heavy atom. The van der Waals surface area contributed by atoms with Crippen LogP contribution in [0.4, 0.5) is 5.82 Å². The molecule has 4 heterocycles. The van der Waals surface area contributed by atoms with Gasteiger partial charge < -0.3 is 14.8 Å². The molecule has 156 valence electrons. The van der Waals surface area contributed by atoms with Crippen LogP contribution in [0.15, 0.2) is 36.9 Å². The summed E-state index contributed by atoms with van der Waals surface area (Å²) in [5.74, 6) is 1.71. The first-order chi connectivity index (χ1) is 14.6. The number of pyridine rings is 1. The Morgan fingerprint density at radius 1 is 1.17 bits per heavy atom. The summed E-state index contributed by atoms with van der Waals surface area (Å²) in [5.41, 5.74) is 2.67. The van der Waals surface area contributed by atoms with Crippen LogP contribution in [0.2, 0.25) is 0 Å². The molecule has 0 saturated heterocycles. The summed E-state index contributed by atoms with van der Waals surface area (Å²) in [7, 11) is 1.65. The second kappa shape index (κ2) is 8.50. The van der Waals surface area contributed by atoms with E-state index in [4.69, 9.17) is 14.5 Å². The SMILES string of the molecule is CCCOc1ccn2c(C(C)=O)nc(-c3nc4cnccn4c3NCCOC)c2c1. The minimum Gasteiger partial charge on any atom is -0.493 e. The number of carbonyl (C=O) groups excluding carboxylic acids is 1. The number of rotatable bonds is 9. The third-order valence-electron chi connectivity index (χ3n) is 4.66. The van der Waals surface area contributed by atoms with Gasteiger partial charge in [-0.05, 0) is 12.5 Å². The summed E-state index contributed by atoms with van der Waals surface area (Å²) in [4.78, 5) is 25.8. The highest BCUT2D eigenvalue weighted by molar-refractivity contribution is 5.95. The van der Waals surface area contributed by atoms with Crippen molar-refractivity contribution < 1.29 is 14.3 Å². The number of methoxy groups -OCH3 is 1. The molecule has 1 N–H and O–H groups in total. The van der Waals surface area contributed by atoms with E-state index in [0.29, 0.717) is 42.6 Å². The first-order valence-electron chi connectivity index (χ1n) is 9.85. The number of nitrogens with one attached hydrogen (secondary N) is 1. The molecule has 0 bridgehead atoms. The normalized spacial score (nSPS) is 11.3. The summed E-state index contributed by atoms with van der Waals surface area (Å²) in [6.45, 7) is 5.30. The van der Waals surface area contributed by atoms with Crippen molar-refractivity contribution >= 4 is 22.8 Å². The molecular weight excluding hydrogens is 384 g/mol. The summed E-state index contributed by atoms with van der Waals surface area (Å²) in [5, 5.41) is 3.37. The molecule has 9 nitrogen and oxygen atoms in total. The van der Waals surface area contributed by atoms with Gasteiger partial charge in [0.25, 0.3) is 0 Å². The van der Waals surface area contributed by atoms with Crippen molar-refractivity contribution in [2.45, 2.75) is 20.3 Å². The quantitative estimate of drug-likeness (QED) is 0.336. The van der Waals surface area contributed by atoms with Crippen LogP contribution in [0.1, 0.15) is 30.9 Å². The number of fused-ring (bicyclic) bond motifs is 2. The Bertz CT molecular complexity index is 1200. The van der Waals surface area contributed by atoms with Gasteiger partial charge >= 0.3 is 0 Å². The topological polar surface area (TPSA) is 95.0 Å². The van der Waals surface area contributed by atoms with Crippen molar-refractivity contribution in [3.05, 3.63) is 42.7 Å². The lowest BCUT2D eigenvalue weighted by atomic mass is 10.2. The number of ether oxygens (including phenoxy) is 2. The molecular formula is C21H24N6O3. The van der Waals surface area contributed by atoms with E-state index in [-0.39, 0.29) is 5.78 Å². The average molecular weight is 408 g/mol. The standard InChI is InChI=1S/C21H24N6O3/c1-4-10-30-15-5-8-26-16(12-15)18(25-20(26)14(2)28)19-21(23-7-11-29-3)27-9-6-22-13-17(27)24-19/h5-6,8-9,12-13,23H,4,7,10-11H2,1-3H3. The maximum Gasteiger partial charge on any atom is 0.195 e. The number of Topliss-reactive ketones (excluding diaryl/α,β-unsaturated/α-hetero) is 1. The lowest BCUT2D eigenvalue weighted by Gasteiger charge is -2.08. The van der Waals surface area contributed by atoms with Gasteiger partial charge in [0.15, 0.2) is 17.3 Å². The Morgan fingerprint density at radius 2 is 2.03 bits per heavy atom. The fraction of sp³-hybridized carbons (Fsp3) is 0.333. The van der Waals surface area contributed by atoms with E-state index in [1.165, 1.54) is 6.92 Å². The van der Waals surface area contributed by atoms with Gasteiger partial charge in [-0.1, -0.05) is 6.92 Å². The largest absolute Gasteiger partial charge is 0.493 e. The maximum absolute atomic E-state index is 12.2. The van der Waals surface area contributed by atoms with E-state index in [1.807, 2.05) is 28.9 Å². The molecule has 0 fully saturated rings. The fourth-order valence-electron chi connectivity index (χ4n) is 3.31. The molecule has 9 heteroatoms. The van der Waals surface area contributed by atoms with Crippen molar-refractivity contribution in [2.24, 2.45) is 0 Å². The van der Waals surface area contributed by atoms with Crippen LogP contribution in [0.5, 0.6) is 5.75 Å². The molecule has 30 heavy (non-hydrogen) atoms. The molecule has 0 aromatic carbocycles. The monoisotopic (exact) mass is 408 g/mol. The van der Waals surface area contributed by atoms with Gasteiger partial charge in [0.2, 0.25) is 0 Å². The number of carbonyl (C=O) groups is 1. The van der Waals surface area contributed by atoms with E-state index < -0.39 is 0 Å². The van der Waals surface area contributed by atoms with E-state index in [1.54, 1.807) is 23.9 Å². The van der Waals surface area contributed by atoms with Crippen LogP contribution in [0, 0.1) is 0 Å². The third kappa shape index (κ3) is 3.59. The summed E-state index contributed by atoms with van der Waals surface area (Å²) in [6.07, 6.45) is 7.93. The predicted octanol–water partition coefficient (Wildman–Crippen LogP) is 3.09. The van der Waals surface area contributed by atoms with Crippen LogP contribution in [-0.2, 0) is 4.74 Å². The molecule has 0 aliphatic heterocycles. The molecule has 0 radical (unpaired) electrons. The Kier molecular flexibility index (Phi) is 5.62. The van der Waals surface area contributed by atoms with E-state index in [0.717, 1.165) is 23.5 Å². The molecule has 0 amide bonds. The predicted molar refractivity (Wildman–Crippen MR) is 113 cm³/mol. The first-order valence-corrected chi connectivity index (χ1v) is 9.85. The second-order valence-corrected chi connectivity index (χ2v) is 6.84. The lowest BCUT2D eigenvalue weighted by Crippen LogP contribution is -2.10. The van der Waals surface area contributed by atoms with Crippen LogP contribution >= 0.6 is 0 Å². The number of hydrogen-bond acceptors (Lipinski definition) is 7. The lowest BCUT2D eigenvalue weighted by molar-refractivity contribution is 0.100. The first kappa shape index (κ1) is 19.8. The van der Waals surface area contributed by atoms with E-state index >= 15 is 0 Å². The van der Waals surface area contributed by atoms with E-state index in [9.17, 15) is 4.79 Å². The van der Waals surface area contributed by atoms with Gasteiger partial charge in [-0.25, -0.2) is 9.97 Å². The van der Waals surface area contributed by atoms with Crippen molar-refractivity contribution in [1.29, 1.82) is 0 Å². The average Bonchev–Trinajstić information content (AvgIpc) is 3.31. The fourth-order valence-corrected chi connectivity index (χ4v) is 3.31. The smallest absolute Gasteiger partial charge is 0.195 e. The van der Waals surface area contributed by atoms with Crippen molar-refractivity contribution in [3.63, 3.8) is 0 Å². The number of aromatic nitrogens is 5. The van der Waals surface area contributed by atoms with Crippen LogP contribution in [0.25, 0.3) is 22.6 Å². The molecule has 4 aromatic rings. The molecule has 0 atom stereocenters. The van der Waals surface area contributed by atoms with Gasteiger partial charge in [-0.3, -0.25) is 18.6 Å². The van der Waals surface area contributed by atoms with Crippen LogP contribution in [0.3, 0.4) is 0 Å². The number of nitrogens with zero attached hydrogens (tertiary/aromatic N) is 5. The Balaban J connectivity index is 1.92. The summed E-state index contributed by atoms with van der Waals surface area (Å²) in [6, 6.07) is 3.73. The molecule has 0 aliphatic rings. The van der Waals surface area contributed by atoms with Crippen molar-refractivity contribution in [2.75, 3.05) is 32.2 Å². The van der Waals surface area contributed by atoms with Crippen LogP contribution < -0.4 is 10.1 Å². The molecule has 4 rings (SSSR count). The number of imidazole rings is 2. The highest BCUT2D eigenvalue weighted by atomic mass is 16.5. The highest BCUT2D eigenvalue weighted by Crippen LogP contribution is 2.33. The maximum atomic E-state index is 12.2. The van der Waals surface area contributed by atoms with Crippen molar-refractivity contribution in [3.8, 4) is 17.1 Å². The minimum atomic E-state index is -0.127. The molecule has 0 saturated carbocycles. The Labute approximate surface area is 173 Å². The van der Waals surface area contributed by atoms with Gasteiger partial charge in [-0.2, -0.15) is 0 Å². The molecule has 0 aliphatic carbocycles. The molecule has 0 unspecified atom stereocenters. The zero-order valence-corrected chi connectivity index (χ0v) is 17.3. The van der Waals surface area contributed by atoms with Crippen LogP contribution in [-0.4, -0.2) is 56.4 Å². The minimum absolute atomic E-state index is 0.127. The van der Waals surface area contributed by atoms with Crippen molar-refractivity contribution in [1.82, 2.24) is 23.8 Å². The molecule has 4 aromatic heterocycles. The third-order valence-corrected chi connectivity index (χ3v) is 4.66. The van der Waals surface area contributed by atoms with Gasteiger partial charge in [0.1, 0.15) is 23.0 Å². The van der Waals surface area contributed by atoms with E-state index in [2.05, 4.69) is 22.2 Å². The zero-order chi connectivity index (χ0) is 21.1. The summed E-state index contributed by atoms with van der Waals surface area (Å²) >= 11 is 0.